The smallest absolute Gasteiger partial charge is 0.158 e. The van der Waals surface area contributed by atoms with Gasteiger partial charge in [-0.1, -0.05) is 230 Å². The van der Waals surface area contributed by atoms with E-state index < -0.39 is 29.5 Å². The Morgan fingerprint density at radius 1 is 0.200 bits per heavy atom. The van der Waals surface area contributed by atoms with Crippen LogP contribution in [0.2, 0.25) is 0 Å². The SMILES string of the molecule is CCCCCCc1cc(CCCCCC)cc(CS(=O)(=O)Cc2cc(CS(=O)(=O)Cc3cc(CCCCCC)cc(CCCCCC)c3)cc(CS(=O)(=O)Cc3cc(CCCCCC)cc(CCCCCC)c3)c2)c1. The molecule has 0 unspecified atom stereocenters. The summed E-state index contributed by atoms with van der Waals surface area (Å²) in [7, 11) is -11.3. The second kappa shape index (κ2) is 35.3. The molecule has 9 heteroatoms. The lowest BCUT2D eigenvalue weighted by atomic mass is 9.98. The topological polar surface area (TPSA) is 102 Å². The first-order valence-electron chi connectivity index (χ1n) is 30.1. The Bertz CT molecular complexity index is 2210. The van der Waals surface area contributed by atoms with Crippen LogP contribution in [0.4, 0.5) is 0 Å². The van der Waals surface area contributed by atoms with Gasteiger partial charge in [0.2, 0.25) is 0 Å². The Hall–Kier alpha value is -3.27. The summed E-state index contributed by atoms with van der Waals surface area (Å²) in [6.07, 6.45) is 32.8. The van der Waals surface area contributed by atoms with Crippen LogP contribution in [0, 0.1) is 0 Å². The molecule has 420 valence electrons. The first kappa shape index (κ1) is 64.3. The van der Waals surface area contributed by atoms with Gasteiger partial charge in [-0.05, 0) is 144 Å². The van der Waals surface area contributed by atoms with Crippen molar-refractivity contribution in [1.82, 2.24) is 0 Å². The highest BCUT2D eigenvalue weighted by molar-refractivity contribution is 7.90. The van der Waals surface area contributed by atoms with Gasteiger partial charge < -0.3 is 0 Å². The highest BCUT2D eigenvalue weighted by Crippen LogP contribution is 2.27. The van der Waals surface area contributed by atoms with Crippen molar-refractivity contribution in [2.24, 2.45) is 0 Å². The minimum absolute atomic E-state index is 0.140. The molecule has 0 aromatic heterocycles. The van der Waals surface area contributed by atoms with Gasteiger partial charge in [0, 0.05) is 0 Å². The number of hydrogen-bond acceptors (Lipinski definition) is 6. The zero-order valence-corrected chi connectivity index (χ0v) is 50.5. The Morgan fingerprint density at radius 2 is 0.333 bits per heavy atom. The summed E-state index contributed by atoms with van der Waals surface area (Å²) >= 11 is 0. The Morgan fingerprint density at radius 3 is 0.480 bits per heavy atom. The van der Waals surface area contributed by atoms with Crippen LogP contribution < -0.4 is 0 Å². The molecule has 0 saturated carbocycles. The van der Waals surface area contributed by atoms with Crippen molar-refractivity contribution in [3.8, 4) is 0 Å². The van der Waals surface area contributed by atoms with E-state index in [0.717, 1.165) is 171 Å². The molecule has 0 radical (unpaired) electrons. The van der Waals surface area contributed by atoms with Crippen molar-refractivity contribution in [3.05, 3.63) is 140 Å². The van der Waals surface area contributed by atoms with Crippen LogP contribution >= 0.6 is 0 Å². The molecule has 0 aliphatic heterocycles. The molecule has 0 aliphatic carbocycles. The van der Waals surface area contributed by atoms with Gasteiger partial charge in [0.05, 0.1) is 34.5 Å². The van der Waals surface area contributed by atoms with Gasteiger partial charge in [-0.2, -0.15) is 0 Å². The molecule has 6 nitrogen and oxygen atoms in total. The van der Waals surface area contributed by atoms with Crippen LogP contribution in [0.5, 0.6) is 0 Å². The first-order valence-corrected chi connectivity index (χ1v) is 35.6. The standard InChI is InChI=1S/C66H102O6S3/c1-7-13-19-25-31-55-37-56(32-26-20-14-8-2)41-61(40-55)49-73(67,68)52-64-46-65(53-74(69,70)50-62-42-57(33-27-21-15-9-3)38-58(43-62)34-28-22-16-10-4)48-66(47-64)54-75(71,72)51-63-44-59(35-29-23-17-11-5)39-60(45-63)36-30-24-18-12-6/h37-48H,7-36,49-54H2,1-6H3. The van der Waals surface area contributed by atoms with Crippen molar-refractivity contribution in [2.75, 3.05) is 0 Å². The fraction of sp³-hybridized carbons (Fsp3) is 0.636. The maximum absolute atomic E-state index is 14.4. The number of unbranched alkanes of at least 4 members (excludes halogenated alkanes) is 18. The maximum Gasteiger partial charge on any atom is 0.158 e. The van der Waals surface area contributed by atoms with Gasteiger partial charge in [-0.15, -0.1) is 0 Å². The Balaban J connectivity index is 1.70. The summed E-state index contributed by atoms with van der Waals surface area (Å²) < 4.78 is 86.4. The maximum atomic E-state index is 14.4. The molecule has 75 heavy (non-hydrogen) atoms. The highest BCUT2D eigenvalue weighted by atomic mass is 32.2. The van der Waals surface area contributed by atoms with E-state index >= 15 is 0 Å². The minimum atomic E-state index is -3.76. The third-order valence-electron chi connectivity index (χ3n) is 14.7. The van der Waals surface area contributed by atoms with Crippen LogP contribution in [-0.2, 0) is 103 Å². The van der Waals surface area contributed by atoms with E-state index in [1.165, 1.54) is 71.9 Å². The van der Waals surface area contributed by atoms with Gasteiger partial charge >= 0.3 is 0 Å². The van der Waals surface area contributed by atoms with Gasteiger partial charge in [0.15, 0.2) is 29.5 Å². The third-order valence-corrected chi connectivity index (χ3v) is 19.3. The molecule has 0 spiro atoms. The van der Waals surface area contributed by atoms with Gasteiger partial charge in [-0.3, -0.25) is 0 Å². The average Bonchev–Trinajstić information content (AvgIpc) is 3.33. The molecule has 0 N–H and O–H groups in total. The van der Waals surface area contributed by atoms with Crippen LogP contribution in [0.25, 0.3) is 0 Å². The van der Waals surface area contributed by atoms with E-state index in [9.17, 15) is 25.3 Å². The third kappa shape index (κ3) is 27.2. The largest absolute Gasteiger partial charge is 0.228 e. The normalized spacial score (nSPS) is 12.2. The quantitative estimate of drug-likeness (QED) is 0.0410. The predicted molar refractivity (Wildman–Crippen MR) is 322 cm³/mol. The molecule has 0 aliphatic rings. The number of benzene rings is 4. The average molecular weight is 1090 g/mol. The Kier molecular flexibility index (Phi) is 30.2. The zero-order valence-electron chi connectivity index (χ0n) is 48.1. The van der Waals surface area contributed by atoms with E-state index in [1.807, 2.05) is 0 Å². The second-order valence-corrected chi connectivity index (χ2v) is 28.8. The van der Waals surface area contributed by atoms with E-state index in [-0.39, 0.29) is 34.5 Å². The first-order chi connectivity index (χ1) is 36.1. The van der Waals surface area contributed by atoms with Crippen molar-refractivity contribution in [1.29, 1.82) is 0 Å². The van der Waals surface area contributed by atoms with E-state index in [2.05, 4.69) is 96.1 Å². The monoisotopic (exact) mass is 1090 g/mol. The molecule has 0 amide bonds. The molecule has 0 saturated heterocycles. The summed E-state index contributed by atoms with van der Waals surface area (Å²) in [6, 6.07) is 24.3. The summed E-state index contributed by atoms with van der Waals surface area (Å²) in [4.78, 5) is 0. The lowest BCUT2D eigenvalue weighted by molar-refractivity contribution is 0.593. The van der Waals surface area contributed by atoms with Gasteiger partial charge in [0.1, 0.15) is 0 Å². The Labute approximate surface area is 460 Å². The molecular weight excluding hydrogens is 985 g/mol. The fourth-order valence-electron chi connectivity index (χ4n) is 10.9. The summed E-state index contributed by atoms with van der Waals surface area (Å²) in [5.74, 6) is -1.37. The fourth-order valence-corrected chi connectivity index (χ4v) is 15.3. The molecule has 0 bridgehead atoms. The summed E-state index contributed by atoms with van der Waals surface area (Å²) in [6.45, 7) is 13.2. The van der Waals surface area contributed by atoms with E-state index in [0.29, 0.717) is 16.7 Å². The number of aryl methyl sites for hydroxylation is 6. The summed E-state index contributed by atoms with van der Waals surface area (Å²) in [5.41, 5.74) is 10.7. The lowest BCUT2D eigenvalue weighted by Crippen LogP contribution is -2.13. The highest BCUT2D eigenvalue weighted by Gasteiger charge is 2.22. The zero-order chi connectivity index (χ0) is 54.4. The number of rotatable bonds is 42. The molecule has 0 atom stereocenters. The van der Waals surface area contributed by atoms with Crippen molar-refractivity contribution < 1.29 is 25.3 Å². The van der Waals surface area contributed by atoms with E-state index in [1.54, 1.807) is 18.2 Å². The second-order valence-electron chi connectivity index (χ2n) is 22.6. The number of hydrogen-bond donors (Lipinski definition) is 0. The molecule has 4 aromatic rings. The number of sulfone groups is 3. The molecule has 4 rings (SSSR count). The van der Waals surface area contributed by atoms with E-state index in [4.69, 9.17) is 0 Å². The van der Waals surface area contributed by atoms with Gasteiger partial charge in [0.25, 0.3) is 0 Å². The van der Waals surface area contributed by atoms with Crippen molar-refractivity contribution >= 4 is 29.5 Å². The van der Waals surface area contributed by atoms with Crippen molar-refractivity contribution in [3.63, 3.8) is 0 Å². The molecule has 0 fully saturated rings. The minimum Gasteiger partial charge on any atom is -0.228 e. The summed E-state index contributed by atoms with van der Waals surface area (Å²) in [5, 5.41) is 0. The molecule has 0 heterocycles. The van der Waals surface area contributed by atoms with Crippen LogP contribution in [0.3, 0.4) is 0 Å². The van der Waals surface area contributed by atoms with Crippen LogP contribution in [0.15, 0.2) is 72.8 Å². The predicted octanol–water partition coefficient (Wildman–Crippen LogP) is 17.8. The van der Waals surface area contributed by atoms with Crippen LogP contribution in [0.1, 0.15) is 262 Å². The lowest BCUT2D eigenvalue weighted by Gasteiger charge is -2.14. The van der Waals surface area contributed by atoms with Crippen molar-refractivity contribution in [2.45, 2.75) is 269 Å². The van der Waals surface area contributed by atoms with Gasteiger partial charge in [-0.25, -0.2) is 25.3 Å². The van der Waals surface area contributed by atoms with Crippen LogP contribution in [-0.4, -0.2) is 25.3 Å². The molecular formula is C66H102O6S3. The molecule has 4 aromatic carbocycles.